The van der Waals surface area contributed by atoms with Crippen LogP contribution < -0.4 is 11.1 Å². The summed E-state index contributed by atoms with van der Waals surface area (Å²) in [5.41, 5.74) is 8.57. The Hall–Kier alpha value is -2.51. The number of carbonyl (C=O) groups excluding carboxylic acids is 2. The molecule has 158 valence electrons. The minimum absolute atomic E-state index is 0.0813. The maximum atomic E-state index is 12.9. The normalized spacial score (nSPS) is 16.7. The van der Waals surface area contributed by atoms with Crippen molar-refractivity contribution in [2.75, 3.05) is 26.1 Å². The lowest BCUT2D eigenvalue weighted by atomic mass is 9.80. The van der Waals surface area contributed by atoms with Crippen molar-refractivity contribution in [2.24, 2.45) is 0 Å². The van der Waals surface area contributed by atoms with Crippen molar-refractivity contribution < 1.29 is 23.8 Å². The maximum absolute atomic E-state index is 12.9. The van der Waals surface area contributed by atoms with Gasteiger partial charge in [0.1, 0.15) is 6.61 Å². The highest BCUT2D eigenvalue weighted by Crippen LogP contribution is 2.43. The third-order valence-electron chi connectivity index (χ3n) is 4.43. The molecule has 3 N–H and O–H groups in total. The van der Waals surface area contributed by atoms with Crippen LogP contribution >= 0.6 is 11.6 Å². The van der Waals surface area contributed by atoms with Gasteiger partial charge in [-0.1, -0.05) is 23.7 Å². The molecule has 0 spiro atoms. The lowest BCUT2D eigenvalue weighted by Gasteiger charge is -2.31. The molecule has 0 radical (unpaired) electrons. The first-order valence-corrected chi connectivity index (χ1v) is 9.66. The molecular weight excluding hydrogens is 396 g/mol. The number of ether oxygens (including phenoxy) is 3. The molecule has 1 heterocycles. The largest absolute Gasteiger partial charge is 0.460 e. The monoisotopic (exact) mass is 422 g/mol. The second kappa shape index (κ2) is 9.80. The minimum atomic E-state index is -0.784. The standard InChI is InChI=1S/C21H27ClN2O5/c1-11(2)29-21(26)17-13(4)24-12(3)16(20(25)28-10-9-27-5)18(17)14-7-6-8-15(23)19(14)22/h6-8,11,18,24H,9-10,23H2,1-5H3. The number of anilines is 1. The molecule has 0 saturated heterocycles. The molecule has 0 aromatic heterocycles. The quantitative estimate of drug-likeness (QED) is 0.395. The molecule has 7 nitrogen and oxygen atoms in total. The van der Waals surface area contributed by atoms with E-state index < -0.39 is 17.9 Å². The smallest absolute Gasteiger partial charge is 0.337 e. The molecule has 0 aliphatic carbocycles. The van der Waals surface area contributed by atoms with Gasteiger partial charge in [0.25, 0.3) is 0 Å². The van der Waals surface area contributed by atoms with Crippen molar-refractivity contribution in [3.63, 3.8) is 0 Å². The van der Waals surface area contributed by atoms with Gasteiger partial charge < -0.3 is 25.3 Å². The van der Waals surface area contributed by atoms with Crippen molar-refractivity contribution in [1.82, 2.24) is 5.32 Å². The molecule has 1 aromatic rings. The fourth-order valence-electron chi connectivity index (χ4n) is 3.21. The van der Waals surface area contributed by atoms with Crippen LogP contribution in [-0.2, 0) is 23.8 Å². The molecule has 29 heavy (non-hydrogen) atoms. The number of carbonyl (C=O) groups is 2. The van der Waals surface area contributed by atoms with Crippen LogP contribution in [0.3, 0.4) is 0 Å². The zero-order chi connectivity index (χ0) is 21.7. The van der Waals surface area contributed by atoms with Gasteiger partial charge in [-0.05, 0) is 39.3 Å². The van der Waals surface area contributed by atoms with E-state index in [-0.39, 0.29) is 35.5 Å². The zero-order valence-corrected chi connectivity index (χ0v) is 18.1. The fraction of sp³-hybridized carbons (Fsp3) is 0.429. The van der Waals surface area contributed by atoms with Crippen LogP contribution in [0.15, 0.2) is 40.7 Å². The fourth-order valence-corrected chi connectivity index (χ4v) is 3.45. The molecule has 1 atom stereocenters. The van der Waals surface area contributed by atoms with Crippen LogP contribution in [0.2, 0.25) is 5.02 Å². The summed E-state index contributed by atoms with van der Waals surface area (Å²) in [5, 5.41) is 3.37. The van der Waals surface area contributed by atoms with Gasteiger partial charge in [-0.2, -0.15) is 0 Å². The van der Waals surface area contributed by atoms with E-state index in [0.717, 1.165) is 0 Å². The van der Waals surface area contributed by atoms with E-state index in [1.165, 1.54) is 7.11 Å². The number of hydrogen-bond acceptors (Lipinski definition) is 7. The second-order valence-corrected chi connectivity index (χ2v) is 7.35. The summed E-state index contributed by atoms with van der Waals surface area (Å²) < 4.78 is 15.7. The highest BCUT2D eigenvalue weighted by atomic mass is 35.5. The minimum Gasteiger partial charge on any atom is -0.460 e. The summed E-state index contributed by atoms with van der Waals surface area (Å²) >= 11 is 6.48. The molecule has 0 amide bonds. The van der Waals surface area contributed by atoms with Gasteiger partial charge in [0, 0.05) is 18.5 Å². The van der Waals surface area contributed by atoms with E-state index in [4.69, 9.17) is 31.5 Å². The summed E-state index contributed by atoms with van der Waals surface area (Å²) in [7, 11) is 1.52. The Morgan fingerprint density at radius 3 is 2.34 bits per heavy atom. The molecule has 0 saturated carbocycles. The number of nitrogen functional groups attached to an aromatic ring is 1. The molecule has 1 aliphatic heterocycles. The number of methoxy groups -OCH3 is 1. The number of esters is 2. The number of halogens is 1. The SMILES string of the molecule is COCCOC(=O)C1=C(C)NC(C)=C(C(=O)OC(C)C)C1c1cccc(N)c1Cl. The third kappa shape index (κ3) is 5.10. The van der Waals surface area contributed by atoms with Crippen molar-refractivity contribution in [2.45, 2.75) is 39.7 Å². The first-order valence-electron chi connectivity index (χ1n) is 9.28. The zero-order valence-electron chi connectivity index (χ0n) is 17.3. The van der Waals surface area contributed by atoms with Crippen LogP contribution in [0.4, 0.5) is 5.69 Å². The number of allylic oxidation sites excluding steroid dienone is 2. The van der Waals surface area contributed by atoms with Gasteiger partial charge in [-0.25, -0.2) is 9.59 Å². The topological polar surface area (TPSA) is 99.9 Å². The van der Waals surface area contributed by atoms with Gasteiger partial charge in [-0.3, -0.25) is 0 Å². The van der Waals surface area contributed by atoms with Crippen molar-refractivity contribution in [1.29, 1.82) is 0 Å². The van der Waals surface area contributed by atoms with E-state index in [9.17, 15) is 9.59 Å². The van der Waals surface area contributed by atoms with Gasteiger partial charge in [-0.15, -0.1) is 0 Å². The lowest BCUT2D eigenvalue weighted by molar-refractivity contribution is -0.143. The first kappa shape index (κ1) is 22.8. The van der Waals surface area contributed by atoms with E-state index in [1.807, 2.05) is 0 Å². The number of nitrogens with two attached hydrogens (primary N) is 1. The van der Waals surface area contributed by atoms with Crippen molar-refractivity contribution in [3.05, 3.63) is 51.3 Å². The number of nitrogens with one attached hydrogen (secondary N) is 1. The van der Waals surface area contributed by atoms with E-state index >= 15 is 0 Å². The average Bonchev–Trinajstić information content (AvgIpc) is 2.62. The Morgan fingerprint density at radius 1 is 1.14 bits per heavy atom. The van der Waals surface area contributed by atoms with Crippen LogP contribution in [-0.4, -0.2) is 38.4 Å². The van der Waals surface area contributed by atoms with Crippen molar-refractivity contribution in [3.8, 4) is 0 Å². The van der Waals surface area contributed by atoms with Crippen LogP contribution in [0, 0.1) is 0 Å². The van der Waals surface area contributed by atoms with Crippen molar-refractivity contribution >= 4 is 29.2 Å². The third-order valence-corrected chi connectivity index (χ3v) is 4.87. The first-order chi connectivity index (χ1) is 13.7. The Balaban J connectivity index is 2.61. The maximum Gasteiger partial charge on any atom is 0.337 e. The van der Waals surface area contributed by atoms with E-state index in [2.05, 4.69) is 5.32 Å². The molecule has 1 aromatic carbocycles. The lowest BCUT2D eigenvalue weighted by Crippen LogP contribution is -2.33. The molecule has 8 heteroatoms. The Labute approximate surface area is 175 Å². The molecule has 2 rings (SSSR count). The number of hydrogen-bond donors (Lipinski definition) is 2. The average molecular weight is 423 g/mol. The molecule has 0 fully saturated rings. The van der Waals surface area contributed by atoms with Gasteiger partial charge in [0.05, 0.1) is 40.5 Å². The summed E-state index contributed by atoms with van der Waals surface area (Å²) in [5.74, 6) is -1.89. The highest BCUT2D eigenvalue weighted by molar-refractivity contribution is 6.34. The number of dihydropyridines is 1. The number of rotatable bonds is 7. The molecule has 0 bridgehead atoms. The predicted molar refractivity (Wildman–Crippen MR) is 111 cm³/mol. The van der Waals surface area contributed by atoms with E-state index in [1.54, 1.807) is 45.9 Å². The summed E-state index contributed by atoms with van der Waals surface area (Å²) in [4.78, 5) is 25.9. The van der Waals surface area contributed by atoms with Gasteiger partial charge >= 0.3 is 11.9 Å². The Morgan fingerprint density at radius 2 is 1.76 bits per heavy atom. The van der Waals surface area contributed by atoms with Crippen LogP contribution in [0.1, 0.15) is 39.2 Å². The molecule has 1 aliphatic rings. The van der Waals surface area contributed by atoms with Crippen LogP contribution in [0.5, 0.6) is 0 Å². The Kier molecular flexibility index (Phi) is 7.70. The second-order valence-electron chi connectivity index (χ2n) is 6.97. The van der Waals surface area contributed by atoms with Gasteiger partial charge in [0.15, 0.2) is 0 Å². The summed E-state index contributed by atoms with van der Waals surface area (Å²) in [6.07, 6.45) is -0.330. The predicted octanol–water partition coefficient (Wildman–Crippen LogP) is 3.30. The van der Waals surface area contributed by atoms with Crippen LogP contribution in [0.25, 0.3) is 0 Å². The highest BCUT2D eigenvalue weighted by Gasteiger charge is 2.39. The summed E-state index contributed by atoms with van der Waals surface area (Å²) in [6.45, 7) is 7.35. The summed E-state index contributed by atoms with van der Waals surface area (Å²) in [6, 6.07) is 5.12. The Bertz CT molecular complexity index is 861. The molecular formula is C21H27ClN2O5. The van der Waals surface area contributed by atoms with Gasteiger partial charge in [0.2, 0.25) is 0 Å². The molecule has 1 unspecified atom stereocenters. The van der Waals surface area contributed by atoms with E-state index in [0.29, 0.717) is 22.6 Å². The number of benzene rings is 1.